The molecule has 6 heteroatoms. The van der Waals surface area contributed by atoms with E-state index in [0.29, 0.717) is 12.4 Å². The highest BCUT2D eigenvalue weighted by atomic mass is 16.6. The van der Waals surface area contributed by atoms with E-state index in [1.807, 2.05) is 6.92 Å². The highest BCUT2D eigenvalue weighted by Gasteiger charge is 2.14. The molecule has 1 aromatic rings. The number of nitrogens with one attached hydrogen (secondary N) is 1. The number of likely N-dealkylation sites (N-methyl/N-ethyl adjacent to an activating group) is 1. The average Bonchev–Trinajstić information content (AvgIpc) is 2.34. The molecule has 0 aliphatic heterocycles. The summed E-state index contributed by atoms with van der Waals surface area (Å²) in [5.41, 5.74) is 0.797. The molecule has 0 atom stereocenters. The number of nitrogens with zero attached hydrogens (tertiary/aromatic N) is 3. The Labute approximate surface area is 107 Å². The number of hydrogen-bond acceptors (Lipinski definition) is 5. The first-order valence-electron chi connectivity index (χ1n) is 6.16. The van der Waals surface area contributed by atoms with E-state index >= 15 is 0 Å². The summed E-state index contributed by atoms with van der Waals surface area (Å²) < 4.78 is 0. The summed E-state index contributed by atoms with van der Waals surface area (Å²) in [7, 11) is 0. The minimum atomic E-state index is -0.411. The van der Waals surface area contributed by atoms with E-state index in [9.17, 15) is 10.1 Å². The third-order valence-corrected chi connectivity index (χ3v) is 2.82. The van der Waals surface area contributed by atoms with Crippen molar-refractivity contribution in [3.63, 3.8) is 0 Å². The van der Waals surface area contributed by atoms with Crippen LogP contribution in [0.4, 0.5) is 11.5 Å². The van der Waals surface area contributed by atoms with Crippen LogP contribution in [-0.4, -0.2) is 41.0 Å². The fourth-order valence-electron chi connectivity index (χ4n) is 1.70. The van der Waals surface area contributed by atoms with E-state index in [-0.39, 0.29) is 5.69 Å². The van der Waals surface area contributed by atoms with Gasteiger partial charge in [0.25, 0.3) is 0 Å². The zero-order valence-electron chi connectivity index (χ0n) is 11.1. The maximum atomic E-state index is 10.9. The lowest BCUT2D eigenvalue weighted by atomic mass is 10.3. The maximum absolute atomic E-state index is 10.9. The van der Waals surface area contributed by atoms with Gasteiger partial charge in [0.05, 0.1) is 4.92 Å². The lowest BCUT2D eigenvalue weighted by Gasteiger charge is -2.18. The maximum Gasteiger partial charge on any atom is 0.311 e. The van der Waals surface area contributed by atoms with E-state index < -0.39 is 4.92 Å². The number of hydrogen-bond donors (Lipinski definition) is 1. The largest absolute Gasteiger partial charge is 0.363 e. The number of pyridine rings is 1. The quantitative estimate of drug-likeness (QED) is 0.594. The topological polar surface area (TPSA) is 71.3 Å². The first-order chi connectivity index (χ1) is 8.58. The molecule has 0 saturated heterocycles. The van der Waals surface area contributed by atoms with Crippen molar-refractivity contribution in [1.82, 2.24) is 9.88 Å². The fraction of sp³-hybridized carbons (Fsp3) is 0.583. The Bertz CT molecular complexity index is 405. The van der Waals surface area contributed by atoms with Gasteiger partial charge in [-0.1, -0.05) is 13.8 Å². The molecule has 6 nitrogen and oxygen atoms in total. The van der Waals surface area contributed by atoms with Crippen molar-refractivity contribution in [3.8, 4) is 0 Å². The lowest BCUT2D eigenvalue weighted by molar-refractivity contribution is -0.384. The Morgan fingerprint density at radius 3 is 2.61 bits per heavy atom. The van der Waals surface area contributed by atoms with Crippen molar-refractivity contribution < 1.29 is 4.92 Å². The van der Waals surface area contributed by atoms with Crippen LogP contribution in [0.2, 0.25) is 0 Å². The van der Waals surface area contributed by atoms with Gasteiger partial charge >= 0.3 is 5.69 Å². The molecule has 18 heavy (non-hydrogen) atoms. The Morgan fingerprint density at radius 1 is 1.39 bits per heavy atom. The summed E-state index contributed by atoms with van der Waals surface area (Å²) in [6.45, 7) is 9.45. The van der Waals surface area contributed by atoms with Gasteiger partial charge in [0.15, 0.2) is 0 Å². The van der Waals surface area contributed by atoms with Gasteiger partial charge in [-0.05, 0) is 26.1 Å². The first kappa shape index (κ1) is 14.4. The summed E-state index contributed by atoms with van der Waals surface area (Å²) >= 11 is 0. The van der Waals surface area contributed by atoms with E-state index in [2.05, 4.69) is 29.0 Å². The van der Waals surface area contributed by atoms with Crippen LogP contribution in [0.3, 0.4) is 0 Å². The van der Waals surface area contributed by atoms with E-state index in [1.165, 1.54) is 6.07 Å². The van der Waals surface area contributed by atoms with E-state index in [4.69, 9.17) is 0 Å². The van der Waals surface area contributed by atoms with Crippen LogP contribution in [0.5, 0.6) is 0 Å². The van der Waals surface area contributed by atoms with E-state index in [1.54, 1.807) is 6.07 Å². The summed E-state index contributed by atoms with van der Waals surface area (Å²) in [4.78, 5) is 16.9. The SMILES string of the molecule is CCN(CC)CCNc1nc(C)ccc1[N+](=O)[O-]. The molecule has 0 fully saturated rings. The number of anilines is 1. The predicted molar refractivity (Wildman–Crippen MR) is 71.9 cm³/mol. The monoisotopic (exact) mass is 252 g/mol. The van der Waals surface area contributed by atoms with Crippen LogP contribution in [0.15, 0.2) is 12.1 Å². The Balaban J connectivity index is 2.66. The summed E-state index contributed by atoms with van der Waals surface area (Å²) in [5, 5.41) is 13.9. The molecule has 0 radical (unpaired) electrons. The number of rotatable bonds is 7. The fourth-order valence-corrected chi connectivity index (χ4v) is 1.70. The zero-order chi connectivity index (χ0) is 13.5. The molecule has 0 aromatic carbocycles. The van der Waals surface area contributed by atoms with Crippen LogP contribution >= 0.6 is 0 Å². The third-order valence-electron chi connectivity index (χ3n) is 2.82. The van der Waals surface area contributed by atoms with Crippen molar-refractivity contribution in [3.05, 3.63) is 27.9 Å². The van der Waals surface area contributed by atoms with Gasteiger partial charge in [-0.15, -0.1) is 0 Å². The molecule has 0 bridgehead atoms. The minimum Gasteiger partial charge on any atom is -0.363 e. The molecule has 1 aromatic heterocycles. The van der Waals surface area contributed by atoms with Gasteiger partial charge in [0.2, 0.25) is 5.82 Å². The second-order valence-electron chi connectivity index (χ2n) is 4.03. The smallest absolute Gasteiger partial charge is 0.311 e. The summed E-state index contributed by atoms with van der Waals surface area (Å²) in [5.74, 6) is 0.354. The summed E-state index contributed by atoms with van der Waals surface area (Å²) in [6, 6.07) is 3.13. The molecule has 0 aliphatic carbocycles. The second kappa shape index (κ2) is 6.90. The van der Waals surface area contributed by atoms with Crippen LogP contribution in [-0.2, 0) is 0 Å². The molecule has 1 heterocycles. The number of nitro groups is 1. The average molecular weight is 252 g/mol. The second-order valence-corrected chi connectivity index (χ2v) is 4.03. The van der Waals surface area contributed by atoms with E-state index in [0.717, 1.165) is 25.3 Å². The van der Waals surface area contributed by atoms with Crippen molar-refractivity contribution in [2.45, 2.75) is 20.8 Å². The molecule has 0 unspecified atom stereocenters. The van der Waals surface area contributed by atoms with Crippen LogP contribution in [0.25, 0.3) is 0 Å². The van der Waals surface area contributed by atoms with Gasteiger partial charge in [-0.3, -0.25) is 10.1 Å². The van der Waals surface area contributed by atoms with Crippen LogP contribution in [0.1, 0.15) is 19.5 Å². The van der Waals surface area contributed by atoms with Gasteiger partial charge in [-0.25, -0.2) is 4.98 Å². The number of aromatic nitrogens is 1. The Kier molecular flexibility index (Phi) is 5.51. The molecule has 100 valence electrons. The number of aryl methyl sites for hydroxylation is 1. The minimum absolute atomic E-state index is 0.0279. The van der Waals surface area contributed by atoms with Crippen molar-refractivity contribution in [1.29, 1.82) is 0 Å². The molecular weight excluding hydrogens is 232 g/mol. The molecule has 0 amide bonds. The van der Waals surface area contributed by atoms with Crippen molar-refractivity contribution in [2.24, 2.45) is 0 Å². The molecule has 1 rings (SSSR count). The highest BCUT2D eigenvalue weighted by Crippen LogP contribution is 2.21. The molecule has 1 N–H and O–H groups in total. The molecule has 0 spiro atoms. The Morgan fingerprint density at radius 2 is 2.06 bits per heavy atom. The van der Waals surface area contributed by atoms with Crippen molar-refractivity contribution in [2.75, 3.05) is 31.5 Å². The molecular formula is C12H20N4O2. The first-order valence-corrected chi connectivity index (χ1v) is 6.16. The third kappa shape index (κ3) is 3.96. The summed E-state index contributed by atoms with van der Waals surface area (Å²) in [6.07, 6.45) is 0. The Hall–Kier alpha value is -1.69. The highest BCUT2D eigenvalue weighted by molar-refractivity contribution is 5.56. The van der Waals surface area contributed by atoms with Crippen LogP contribution < -0.4 is 5.32 Å². The predicted octanol–water partition coefficient (Wildman–Crippen LogP) is 2.05. The van der Waals surface area contributed by atoms with Crippen molar-refractivity contribution >= 4 is 11.5 Å². The standard InChI is InChI=1S/C12H20N4O2/c1-4-15(5-2)9-8-13-12-11(16(17)18)7-6-10(3)14-12/h6-7H,4-5,8-9H2,1-3H3,(H,13,14). The van der Waals surface area contributed by atoms with Gasteiger partial charge < -0.3 is 10.2 Å². The van der Waals surface area contributed by atoms with Crippen LogP contribution in [0, 0.1) is 17.0 Å². The van der Waals surface area contributed by atoms with Gasteiger partial charge in [-0.2, -0.15) is 0 Å². The van der Waals surface area contributed by atoms with Gasteiger partial charge in [0, 0.05) is 24.8 Å². The normalized spacial score (nSPS) is 10.7. The molecule has 0 saturated carbocycles. The molecule has 0 aliphatic rings. The van der Waals surface area contributed by atoms with Gasteiger partial charge in [0.1, 0.15) is 0 Å². The lowest BCUT2D eigenvalue weighted by Crippen LogP contribution is -2.28. The zero-order valence-corrected chi connectivity index (χ0v) is 11.1.